The zero-order chi connectivity index (χ0) is 7.68. The van der Waals surface area contributed by atoms with Crippen LogP contribution in [0.15, 0.2) is 18.5 Å². The zero-order valence-corrected chi connectivity index (χ0v) is 7.06. The second-order valence-corrected chi connectivity index (χ2v) is 3.16. The van der Waals surface area contributed by atoms with Crippen LogP contribution in [0, 0.1) is 0 Å². The minimum atomic E-state index is 1.00. The second kappa shape index (κ2) is 2.58. The molecule has 56 valence electrons. The van der Waals surface area contributed by atoms with Gasteiger partial charge in [0.1, 0.15) is 0 Å². The molecule has 0 aliphatic heterocycles. The highest BCUT2D eigenvalue weighted by Crippen LogP contribution is 2.20. The van der Waals surface area contributed by atoms with Gasteiger partial charge in [0, 0.05) is 17.8 Å². The third-order valence-electron chi connectivity index (χ3n) is 1.68. The number of pyridine rings is 1. The maximum absolute atomic E-state index is 4.32. The van der Waals surface area contributed by atoms with Crippen molar-refractivity contribution < 1.29 is 0 Å². The third kappa shape index (κ3) is 1.01. The highest BCUT2D eigenvalue weighted by atomic mass is 32.1. The number of nitrogens with zero attached hydrogens (tertiary/aromatic N) is 2. The van der Waals surface area contributed by atoms with Gasteiger partial charge in [-0.3, -0.25) is 4.98 Å². The SMILES string of the molecule is CCc1nsc2cnccc12. The molecule has 0 radical (unpaired) electrons. The molecule has 2 rings (SSSR count). The van der Waals surface area contributed by atoms with Crippen molar-refractivity contribution in [2.24, 2.45) is 0 Å². The first kappa shape index (κ1) is 6.73. The summed E-state index contributed by atoms with van der Waals surface area (Å²) in [5.41, 5.74) is 1.19. The van der Waals surface area contributed by atoms with E-state index in [4.69, 9.17) is 0 Å². The summed E-state index contributed by atoms with van der Waals surface area (Å²) in [4.78, 5) is 4.03. The van der Waals surface area contributed by atoms with Gasteiger partial charge in [0.05, 0.1) is 10.4 Å². The van der Waals surface area contributed by atoms with Gasteiger partial charge in [-0.25, -0.2) is 0 Å². The number of rotatable bonds is 1. The number of aromatic nitrogens is 2. The molecule has 0 aliphatic rings. The van der Waals surface area contributed by atoms with Gasteiger partial charge in [-0.15, -0.1) is 0 Å². The Hall–Kier alpha value is -0.960. The molecule has 3 heteroatoms. The minimum Gasteiger partial charge on any atom is -0.263 e. The van der Waals surface area contributed by atoms with E-state index in [9.17, 15) is 0 Å². The normalized spacial score (nSPS) is 10.6. The molecular formula is C8H8N2S. The van der Waals surface area contributed by atoms with Crippen molar-refractivity contribution in [3.05, 3.63) is 24.2 Å². The van der Waals surface area contributed by atoms with Crippen molar-refractivity contribution >= 4 is 21.6 Å². The molecular weight excluding hydrogens is 156 g/mol. The molecule has 0 fully saturated rings. The van der Waals surface area contributed by atoms with E-state index < -0.39 is 0 Å². The van der Waals surface area contributed by atoms with E-state index in [0.717, 1.165) is 6.42 Å². The van der Waals surface area contributed by atoms with Crippen LogP contribution in [0.2, 0.25) is 0 Å². The molecule has 0 aliphatic carbocycles. The first-order chi connectivity index (χ1) is 5.42. The molecule has 0 saturated heterocycles. The van der Waals surface area contributed by atoms with Gasteiger partial charge in [-0.1, -0.05) is 6.92 Å². The van der Waals surface area contributed by atoms with Crippen molar-refractivity contribution in [3.63, 3.8) is 0 Å². The lowest BCUT2D eigenvalue weighted by atomic mass is 10.2. The zero-order valence-electron chi connectivity index (χ0n) is 6.24. The van der Waals surface area contributed by atoms with Crippen LogP contribution in [0.4, 0.5) is 0 Å². The Balaban J connectivity index is 2.76. The largest absolute Gasteiger partial charge is 0.263 e. The monoisotopic (exact) mass is 164 g/mol. The van der Waals surface area contributed by atoms with Gasteiger partial charge in [0.25, 0.3) is 0 Å². The van der Waals surface area contributed by atoms with Crippen LogP contribution in [0.3, 0.4) is 0 Å². The molecule has 2 aromatic heterocycles. The van der Waals surface area contributed by atoms with E-state index in [2.05, 4.69) is 16.3 Å². The fraction of sp³-hybridized carbons (Fsp3) is 0.250. The lowest BCUT2D eigenvalue weighted by molar-refractivity contribution is 1.10. The Morgan fingerprint density at radius 2 is 2.45 bits per heavy atom. The lowest BCUT2D eigenvalue weighted by Crippen LogP contribution is -1.78. The molecule has 2 aromatic rings. The summed E-state index contributed by atoms with van der Waals surface area (Å²) in [5.74, 6) is 0. The van der Waals surface area contributed by atoms with Crippen molar-refractivity contribution in [2.75, 3.05) is 0 Å². The average Bonchev–Trinajstić information content (AvgIpc) is 2.47. The van der Waals surface area contributed by atoms with Crippen LogP contribution in [0.1, 0.15) is 12.6 Å². The summed E-state index contributed by atoms with van der Waals surface area (Å²) in [6, 6.07) is 2.03. The molecule has 0 spiro atoms. The van der Waals surface area contributed by atoms with Crippen LogP contribution < -0.4 is 0 Å². The van der Waals surface area contributed by atoms with Gasteiger partial charge in [0.15, 0.2) is 0 Å². The van der Waals surface area contributed by atoms with Crippen molar-refractivity contribution in [1.82, 2.24) is 9.36 Å². The molecule has 0 bridgehead atoms. The lowest BCUT2D eigenvalue weighted by Gasteiger charge is -1.88. The average molecular weight is 164 g/mol. The first-order valence-electron chi connectivity index (χ1n) is 3.60. The predicted molar refractivity (Wildman–Crippen MR) is 46.8 cm³/mol. The molecule has 11 heavy (non-hydrogen) atoms. The molecule has 2 heterocycles. The van der Waals surface area contributed by atoms with Crippen LogP contribution >= 0.6 is 11.5 Å². The van der Waals surface area contributed by atoms with E-state index in [1.807, 2.05) is 18.5 Å². The van der Waals surface area contributed by atoms with Gasteiger partial charge >= 0.3 is 0 Å². The molecule has 0 aromatic carbocycles. The second-order valence-electron chi connectivity index (χ2n) is 2.35. The van der Waals surface area contributed by atoms with Crippen LogP contribution in [-0.2, 0) is 6.42 Å². The molecule has 0 atom stereocenters. The third-order valence-corrected chi connectivity index (χ3v) is 2.52. The maximum atomic E-state index is 4.32. The highest BCUT2D eigenvalue weighted by Gasteiger charge is 2.01. The summed E-state index contributed by atoms with van der Waals surface area (Å²) in [6.45, 7) is 2.12. The predicted octanol–water partition coefficient (Wildman–Crippen LogP) is 2.25. The van der Waals surface area contributed by atoms with E-state index in [0.29, 0.717) is 0 Å². The summed E-state index contributed by atoms with van der Waals surface area (Å²) >= 11 is 1.53. The van der Waals surface area contributed by atoms with Gasteiger partial charge in [0.2, 0.25) is 0 Å². The molecule has 2 nitrogen and oxygen atoms in total. The number of fused-ring (bicyclic) bond motifs is 1. The first-order valence-corrected chi connectivity index (χ1v) is 4.37. The fourth-order valence-corrected chi connectivity index (χ4v) is 1.93. The highest BCUT2D eigenvalue weighted by molar-refractivity contribution is 7.13. The smallest absolute Gasteiger partial charge is 0.0736 e. The van der Waals surface area contributed by atoms with Crippen molar-refractivity contribution in [2.45, 2.75) is 13.3 Å². The van der Waals surface area contributed by atoms with Crippen molar-refractivity contribution in [3.8, 4) is 0 Å². The van der Waals surface area contributed by atoms with E-state index in [-0.39, 0.29) is 0 Å². The Labute approximate surface area is 69.1 Å². The topological polar surface area (TPSA) is 25.8 Å². The summed E-state index contributed by atoms with van der Waals surface area (Å²) in [5, 5.41) is 1.26. The maximum Gasteiger partial charge on any atom is 0.0736 e. The van der Waals surface area contributed by atoms with Crippen molar-refractivity contribution in [1.29, 1.82) is 0 Å². The quantitative estimate of drug-likeness (QED) is 0.646. The standard InChI is InChI=1S/C8H8N2S/c1-2-7-6-3-4-9-5-8(6)11-10-7/h3-5H,2H2,1H3. The molecule has 0 N–H and O–H groups in total. The molecule has 0 saturated carbocycles. The van der Waals surface area contributed by atoms with E-state index in [1.54, 1.807) is 0 Å². The van der Waals surface area contributed by atoms with Crippen LogP contribution in [0.5, 0.6) is 0 Å². The Morgan fingerprint density at radius 3 is 3.27 bits per heavy atom. The van der Waals surface area contributed by atoms with Gasteiger partial charge in [-0.05, 0) is 24.0 Å². The fourth-order valence-electron chi connectivity index (χ4n) is 1.10. The van der Waals surface area contributed by atoms with Crippen LogP contribution in [-0.4, -0.2) is 9.36 Å². The molecule has 0 amide bonds. The van der Waals surface area contributed by atoms with E-state index in [1.165, 1.54) is 27.3 Å². The summed E-state index contributed by atoms with van der Waals surface area (Å²) in [7, 11) is 0. The van der Waals surface area contributed by atoms with Gasteiger partial charge in [-0.2, -0.15) is 4.37 Å². The number of hydrogen-bond acceptors (Lipinski definition) is 3. The molecule has 0 unspecified atom stereocenters. The summed E-state index contributed by atoms with van der Waals surface area (Å²) in [6.07, 6.45) is 4.69. The summed E-state index contributed by atoms with van der Waals surface area (Å²) < 4.78 is 5.50. The Bertz CT molecular complexity index is 367. The van der Waals surface area contributed by atoms with Crippen LogP contribution in [0.25, 0.3) is 10.1 Å². The Kier molecular flexibility index (Phi) is 1.58. The minimum absolute atomic E-state index is 1.00. The van der Waals surface area contributed by atoms with E-state index >= 15 is 0 Å². The number of aryl methyl sites for hydroxylation is 1. The van der Waals surface area contributed by atoms with Gasteiger partial charge < -0.3 is 0 Å². The Morgan fingerprint density at radius 1 is 1.55 bits per heavy atom. The number of hydrogen-bond donors (Lipinski definition) is 0.